The van der Waals surface area contributed by atoms with Crippen molar-refractivity contribution in [3.63, 3.8) is 0 Å². The molecular weight excluding hydrogens is 928 g/mol. The summed E-state index contributed by atoms with van der Waals surface area (Å²) >= 11 is 2.15. The molecule has 2 aliphatic rings. The molecule has 6 aromatic heterocycles. The Morgan fingerprint density at radius 1 is 0.585 bits per heavy atom. The molecule has 15 heteroatoms. The van der Waals surface area contributed by atoms with E-state index in [9.17, 15) is 9.59 Å². The van der Waals surface area contributed by atoms with Gasteiger partial charge in [0.25, 0.3) is 0 Å². The van der Waals surface area contributed by atoms with Crippen LogP contribution in [0.2, 0.25) is 0 Å². The number of nitrogens with zero attached hydrogens (tertiary/aromatic N) is 9. The summed E-state index contributed by atoms with van der Waals surface area (Å²) in [6.07, 6.45) is 10.9. The van der Waals surface area contributed by atoms with Crippen molar-refractivity contribution in [2.24, 2.45) is 0 Å². The summed E-state index contributed by atoms with van der Waals surface area (Å²) in [5.74, 6) is 0.971. The average molecular weight is 981 g/mol. The number of likely N-dealkylation sites (tertiary alicyclic amines) is 1. The van der Waals surface area contributed by atoms with Crippen molar-refractivity contribution in [1.29, 1.82) is 0 Å². The molecule has 0 amide bonds. The number of carbonyl (C=O) groups excluding carboxylic acids is 2. The molecule has 0 atom stereocenters. The predicted octanol–water partition coefficient (Wildman–Crippen LogP) is 8.81. The number of ketones is 2. The largest absolute Gasteiger partial charge is 0.383 e. The normalized spacial score (nSPS) is 14.7. The number of piperidine rings is 2. The summed E-state index contributed by atoms with van der Waals surface area (Å²) in [4.78, 5) is 48.4. The van der Waals surface area contributed by atoms with Crippen LogP contribution in [-0.2, 0) is 0 Å². The van der Waals surface area contributed by atoms with Crippen LogP contribution in [0.15, 0.2) is 110 Å². The number of pyridine rings is 2. The predicted molar refractivity (Wildman–Crippen MR) is 266 cm³/mol. The molecule has 8 heterocycles. The minimum absolute atomic E-state index is 0.0724. The standard InChI is InChI=1S/C25H26N6O.C24H24N6O.CH3I/c1-16(32)22-23(18-10-12-30(2)13-11-18)29-25-20(15-28-31(25)24(22)26)19-8-9-21(27-14-19)17-6-4-3-5-7-17;1-15(31)21-22(17-9-11-26-12-10-17)29-24-19(14-28-30(24)23(21)25)18-7-8-20(27-13-18)16-5-3-2-4-6-16;1-2/h3-9,14-15,18H,10-13,26H2,1-2H3;2-8,13-14,17,26H,9-12,25H2,1H3;1H3. The SMILES string of the molecule is CC(=O)c1c(C2CCN(C)CC2)nc2c(-c3ccc(-c4ccccc4)nc3)cnn2c1N.CC(=O)c1c(C2CCNCC2)nc2c(-c3ccc(-c4ccccc4)nc3)cnn2c1N.CI. The number of carbonyl (C=O) groups is 2. The molecule has 0 unspecified atom stereocenters. The lowest BCUT2D eigenvalue weighted by Gasteiger charge is -2.29. The molecule has 14 nitrogen and oxygen atoms in total. The van der Waals surface area contributed by atoms with Gasteiger partial charge in [-0.05, 0) is 89.8 Å². The van der Waals surface area contributed by atoms with E-state index in [-0.39, 0.29) is 23.4 Å². The molecule has 0 saturated carbocycles. The molecule has 5 N–H and O–H groups in total. The van der Waals surface area contributed by atoms with Gasteiger partial charge in [-0.3, -0.25) is 19.6 Å². The zero-order valence-corrected chi connectivity index (χ0v) is 39.2. The fourth-order valence-corrected chi connectivity index (χ4v) is 8.83. The van der Waals surface area contributed by atoms with E-state index in [4.69, 9.17) is 21.4 Å². The summed E-state index contributed by atoms with van der Waals surface area (Å²) in [6.45, 7) is 6.86. The quantitative estimate of drug-likeness (QED) is 0.0747. The fraction of sp³-hybridized carbons (Fsp3) is 0.280. The zero-order chi connectivity index (χ0) is 45.6. The topological polar surface area (TPSA) is 188 Å². The molecule has 2 fully saturated rings. The summed E-state index contributed by atoms with van der Waals surface area (Å²) in [7, 11) is 2.12. The Balaban J connectivity index is 0.000000171. The maximum absolute atomic E-state index is 12.5. The van der Waals surface area contributed by atoms with Gasteiger partial charge < -0.3 is 21.7 Å². The second-order valence-corrected chi connectivity index (χ2v) is 16.4. The van der Waals surface area contributed by atoms with E-state index in [1.807, 2.05) is 102 Å². The van der Waals surface area contributed by atoms with Crippen molar-refractivity contribution < 1.29 is 9.59 Å². The highest BCUT2D eigenvalue weighted by molar-refractivity contribution is 14.1. The Kier molecular flexibility index (Phi) is 14.0. The minimum Gasteiger partial charge on any atom is -0.383 e. The number of benzene rings is 2. The number of nitrogen functional groups attached to an aromatic ring is 2. The smallest absolute Gasteiger partial charge is 0.165 e. The Morgan fingerprint density at radius 2 is 1.00 bits per heavy atom. The number of alkyl halides is 1. The van der Waals surface area contributed by atoms with E-state index in [0.717, 1.165) is 108 Å². The van der Waals surface area contributed by atoms with Crippen molar-refractivity contribution in [1.82, 2.24) is 49.4 Å². The summed E-state index contributed by atoms with van der Waals surface area (Å²) in [5, 5.41) is 12.3. The Morgan fingerprint density at radius 3 is 1.38 bits per heavy atom. The van der Waals surface area contributed by atoms with Gasteiger partial charge in [0.05, 0.1) is 46.3 Å². The second kappa shape index (κ2) is 20.2. The molecule has 65 heavy (non-hydrogen) atoms. The molecule has 2 aliphatic heterocycles. The lowest BCUT2D eigenvalue weighted by atomic mass is 9.89. The van der Waals surface area contributed by atoms with Gasteiger partial charge in [-0.25, -0.2) is 9.97 Å². The molecule has 0 aliphatic carbocycles. The number of aromatic nitrogens is 8. The van der Waals surface area contributed by atoms with Crippen LogP contribution in [0, 0.1) is 0 Å². The maximum atomic E-state index is 12.5. The Hall–Kier alpha value is -6.43. The van der Waals surface area contributed by atoms with E-state index >= 15 is 0 Å². The van der Waals surface area contributed by atoms with Crippen molar-refractivity contribution >= 4 is 57.1 Å². The van der Waals surface area contributed by atoms with E-state index in [1.54, 1.807) is 35.3 Å². The maximum Gasteiger partial charge on any atom is 0.165 e. The first-order chi connectivity index (χ1) is 31.7. The van der Waals surface area contributed by atoms with Gasteiger partial charge in [0.2, 0.25) is 0 Å². The number of fused-ring (bicyclic) bond motifs is 2. The lowest BCUT2D eigenvalue weighted by Crippen LogP contribution is -2.30. The monoisotopic (exact) mass is 980 g/mol. The van der Waals surface area contributed by atoms with Gasteiger partial charge in [-0.2, -0.15) is 19.2 Å². The lowest BCUT2D eigenvalue weighted by molar-refractivity contribution is 0.100. The molecule has 2 saturated heterocycles. The van der Waals surface area contributed by atoms with Crippen molar-refractivity contribution in [3.05, 3.63) is 132 Å². The van der Waals surface area contributed by atoms with E-state index in [0.29, 0.717) is 34.1 Å². The van der Waals surface area contributed by atoms with Crippen molar-refractivity contribution in [3.8, 4) is 44.8 Å². The minimum atomic E-state index is -0.0774. The third kappa shape index (κ3) is 9.39. The number of anilines is 2. The van der Waals surface area contributed by atoms with Crippen molar-refractivity contribution in [2.45, 2.75) is 51.4 Å². The van der Waals surface area contributed by atoms with Crippen LogP contribution in [0.3, 0.4) is 0 Å². The van der Waals surface area contributed by atoms with Crippen LogP contribution in [0.4, 0.5) is 11.6 Å². The highest BCUT2D eigenvalue weighted by atomic mass is 127. The summed E-state index contributed by atoms with van der Waals surface area (Å²) in [5.41, 5.74) is 24.3. The van der Waals surface area contributed by atoms with Gasteiger partial charge in [0.15, 0.2) is 22.9 Å². The molecule has 2 aromatic carbocycles. The molecular formula is C50H53IN12O2. The first kappa shape index (κ1) is 45.1. The van der Waals surface area contributed by atoms with E-state index < -0.39 is 0 Å². The van der Waals surface area contributed by atoms with Gasteiger partial charge in [0, 0.05) is 57.6 Å². The molecule has 0 spiro atoms. The molecule has 8 aromatic rings. The van der Waals surface area contributed by atoms with Crippen LogP contribution in [0.1, 0.15) is 83.5 Å². The number of nitrogens with one attached hydrogen (secondary N) is 1. The molecule has 0 radical (unpaired) electrons. The first-order valence-corrected chi connectivity index (χ1v) is 24.0. The highest BCUT2D eigenvalue weighted by Crippen LogP contribution is 2.36. The van der Waals surface area contributed by atoms with Gasteiger partial charge in [-0.1, -0.05) is 95.4 Å². The number of hydrogen-bond acceptors (Lipinski definition) is 12. The van der Waals surface area contributed by atoms with Crippen molar-refractivity contribution in [2.75, 3.05) is 49.6 Å². The number of nitrogens with two attached hydrogens (primary N) is 2. The number of halogens is 1. The van der Waals surface area contributed by atoms with E-state index in [2.05, 4.69) is 60.0 Å². The summed E-state index contributed by atoms with van der Waals surface area (Å²) in [6, 6.07) is 28.2. The molecule has 10 rings (SSSR count). The summed E-state index contributed by atoms with van der Waals surface area (Å²) < 4.78 is 3.15. The second-order valence-electron chi connectivity index (χ2n) is 16.4. The zero-order valence-electron chi connectivity index (χ0n) is 37.1. The van der Waals surface area contributed by atoms with Crippen LogP contribution in [0.25, 0.3) is 56.1 Å². The van der Waals surface area contributed by atoms with Gasteiger partial charge in [0.1, 0.15) is 11.6 Å². The van der Waals surface area contributed by atoms with E-state index in [1.165, 1.54) is 0 Å². The number of rotatable bonds is 8. The third-order valence-corrected chi connectivity index (χ3v) is 12.2. The van der Waals surface area contributed by atoms with Gasteiger partial charge >= 0.3 is 0 Å². The van der Waals surface area contributed by atoms with Crippen LogP contribution < -0.4 is 16.8 Å². The Bertz CT molecular complexity index is 2920. The number of hydrogen-bond donors (Lipinski definition) is 3. The molecule has 0 bridgehead atoms. The Labute approximate surface area is 392 Å². The van der Waals surface area contributed by atoms with Crippen LogP contribution >= 0.6 is 22.6 Å². The van der Waals surface area contributed by atoms with Crippen LogP contribution in [-0.4, -0.2) is 93.8 Å². The van der Waals surface area contributed by atoms with Gasteiger partial charge in [-0.15, -0.1) is 0 Å². The average Bonchev–Trinajstić information content (AvgIpc) is 3.99. The number of Topliss-reactive ketones (excluding diaryl/α,β-unsaturated/α-hetero) is 2. The highest BCUT2D eigenvalue weighted by Gasteiger charge is 2.29. The molecule has 332 valence electrons. The fourth-order valence-electron chi connectivity index (χ4n) is 8.83. The van der Waals surface area contributed by atoms with Crippen LogP contribution in [0.5, 0.6) is 0 Å². The first-order valence-electron chi connectivity index (χ1n) is 21.8. The third-order valence-electron chi connectivity index (χ3n) is 12.2.